The fourth-order valence-electron chi connectivity index (χ4n) is 2.81. The number of rotatable bonds is 7. The highest BCUT2D eigenvalue weighted by Gasteiger charge is 2.12. The van der Waals surface area contributed by atoms with Crippen LogP contribution in [0.3, 0.4) is 0 Å². The van der Waals surface area contributed by atoms with E-state index in [0.717, 1.165) is 11.1 Å². The summed E-state index contributed by atoms with van der Waals surface area (Å²) >= 11 is 0. The number of anilines is 2. The summed E-state index contributed by atoms with van der Waals surface area (Å²) in [6.45, 7) is 2.14. The number of para-hydroxylation sites is 1. The van der Waals surface area contributed by atoms with E-state index in [0.29, 0.717) is 23.5 Å². The highest BCUT2D eigenvalue weighted by molar-refractivity contribution is 6.01. The third-order valence-electron chi connectivity index (χ3n) is 4.38. The Morgan fingerprint density at radius 3 is 2.41 bits per heavy atom. The maximum absolute atomic E-state index is 13.4. The molecule has 0 bridgehead atoms. The molecule has 0 unspecified atom stereocenters. The van der Waals surface area contributed by atoms with E-state index in [2.05, 4.69) is 16.0 Å². The third kappa shape index (κ3) is 5.65. The van der Waals surface area contributed by atoms with Crippen molar-refractivity contribution in [2.24, 2.45) is 0 Å². The van der Waals surface area contributed by atoms with Gasteiger partial charge in [0, 0.05) is 17.9 Å². The largest absolute Gasteiger partial charge is 0.376 e. The van der Waals surface area contributed by atoms with Crippen LogP contribution in [0, 0.1) is 12.7 Å². The van der Waals surface area contributed by atoms with Crippen molar-refractivity contribution < 1.29 is 14.0 Å². The van der Waals surface area contributed by atoms with Gasteiger partial charge in [-0.2, -0.15) is 0 Å². The van der Waals surface area contributed by atoms with Crippen molar-refractivity contribution in [1.29, 1.82) is 0 Å². The zero-order valence-electron chi connectivity index (χ0n) is 16.0. The van der Waals surface area contributed by atoms with Crippen molar-refractivity contribution in [3.05, 3.63) is 95.3 Å². The Morgan fingerprint density at radius 2 is 1.62 bits per heavy atom. The molecule has 0 saturated carbocycles. The van der Waals surface area contributed by atoms with Gasteiger partial charge in [-0.25, -0.2) is 4.39 Å². The highest BCUT2D eigenvalue weighted by atomic mass is 19.1. The molecule has 0 radical (unpaired) electrons. The summed E-state index contributed by atoms with van der Waals surface area (Å²) in [5.74, 6) is -0.990. The van der Waals surface area contributed by atoms with E-state index in [1.807, 2.05) is 30.3 Å². The summed E-state index contributed by atoms with van der Waals surface area (Å²) in [5.41, 5.74) is 3.17. The Kier molecular flexibility index (Phi) is 6.58. The maximum Gasteiger partial charge on any atom is 0.253 e. The fraction of sp³-hybridized carbons (Fsp3) is 0.130. The van der Waals surface area contributed by atoms with E-state index in [1.165, 1.54) is 12.1 Å². The van der Waals surface area contributed by atoms with Gasteiger partial charge in [0.1, 0.15) is 5.82 Å². The maximum atomic E-state index is 13.4. The van der Waals surface area contributed by atoms with Crippen molar-refractivity contribution in [3.63, 3.8) is 0 Å². The van der Waals surface area contributed by atoms with E-state index in [1.54, 1.807) is 37.3 Å². The summed E-state index contributed by atoms with van der Waals surface area (Å²) in [4.78, 5) is 24.8. The van der Waals surface area contributed by atoms with Crippen LogP contribution in [0.4, 0.5) is 15.8 Å². The summed E-state index contributed by atoms with van der Waals surface area (Å²) in [6.07, 6.45) is 0. The molecule has 0 aliphatic heterocycles. The van der Waals surface area contributed by atoms with Gasteiger partial charge in [-0.1, -0.05) is 48.5 Å². The van der Waals surface area contributed by atoms with Gasteiger partial charge in [-0.15, -0.1) is 0 Å². The molecule has 0 fully saturated rings. The first kappa shape index (κ1) is 20.1. The zero-order chi connectivity index (χ0) is 20.6. The second-order valence-electron chi connectivity index (χ2n) is 6.57. The number of amides is 2. The Bertz CT molecular complexity index is 1010. The smallest absolute Gasteiger partial charge is 0.253 e. The number of carbonyl (C=O) groups excluding carboxylic acids is 2. The Hall–Kier alpha value is -3.67. The number of hydrogen-bond acceptors (Lipinski definition) is 3. The summed E-state index contributed by atoms with van der Waals surface area (Å²) in [6, 6.07) is 20.8. The number of halogens is 1. The van der Waals surface area contributed by atoms with E-state index >= 15 is 0 Å². The van der Waals surface area contributed by atoms with Crippen molar-refractivity contribution in [1.82, 2.24) is 5.32 Å². The molecular weight excluding hydrogens is 369 g/mol. The normalized spacial score (nSPS) is 10.3. The van der Waals surface area contributed by atoms with Crippen LogP contribution in [0.5, 0.6) is 0 Å². The molecule has 29 heavy (non-hydrogen) atoms. The van der Waals surface area contributed by atoms with Crippen LogP contribution in [0.1, 0.15) is 21.5 Å². The minimum atomic E-state index is -0.417. The first-order chi connectivity index (χ1) is 14.0. The standard InChI is InChI=1S/C23H22FN3O2/c1-16-11-12-18(24)13-21(16)27-22(28)15-25-20-10-6-5-9-19(20)23(29)26-14-17-7-3-2-4-8-17/h2-13,25H,14-15H2,1H3,(H,26,29)(H,27,28). The molecule has 148 valence electrons. The monoisotopic (exact) mass is 391 g/mol. The molecular formula is C23H22FN3O2. The second-order valence-corrected chi connectivity index (χ2v) is 6.57. The predicted octanol–water partition coefficient (Wildman–Crippen LogP) is 4.11. The lowest BCUT2D eigenvalue weighted by Crippen LogP contribution is -2.26. The number of benzene rings is 3. The molecule has 6 heteroatoms. The van der Waals surface area contributed by atoms with Gasteiger partial charge in [0.2, 0.25) is 5.91 Å². The summed E-state index contributed by atoms with van der Waals surface area (Å²) in [7, 11) is 0. The molecule has 0 aliphatic rings. The molecule has 2 amide bonds. The lowest BCUT2D eigenvalue weighted by Gasteiger charge is -2.13. The average Bonchev–Trinajstić information content (AvgIpc) is 2.74. The van der Waals surface area contributed by atoms with Crippen LogP contribution in [-0.4, -0.2) is 18.4 Å². The van der Waals surface area contributed by atoms with Gasteiger partial charge in [0.25, 0.3) is 5.91 Å². The summed E-state index contributed by atoms with van der Waals surface area (Å²) in [5, 5.41) is 8.53. The molecule has 3 rings (SSSR count). The van der Waals surface area contributed by atoms with Crippen LogP contribution < -0.4 is 16.0 Å². The van der Waals surface area contributed by atoms with Crippen LogP contribution in [0.15, 0.2) is 72.8 Å². The third-order valence-corrected chi connectivity index (χ3v) is 4.38. The number of aryl methyl sites for hydroxylation is 1. The first-order valence-electron chi connectivity index (χ1n) is 9.24. The second kappa shape index (κ2) is 9.50. The molecule has 0 spiro atoms. The predicted molar refractivity (Wildman–Crippen MR) is 112 cm³/mol. The molecule has 0 aromatic heterocycles. The zero-order valence-corrected chi connectivity index (χ0v) is 16.0. The van der Waals surface area contributed by atoms with E-state index in [9.17, 15) is 14.0 Å². The topological polar surface area (TPSA) is 70.2 Å². The van der Waals surface area contributed by atoms with Gasteiger partial charge in [-0.05, 0) is 42.3 Å². The van der Waals surface area contributed by atoms with Gasteiger partial charge in [0.15, 0.2) is 0 Å². The Morgan fingerprint density at radius 1 is 0.897 bits per heavy atom. The SMILES string of the molecule is Cc1ccc(F)cc1NC(=O)CNc1ccccc1C(=O)NCc1ccccc1. The minimum absolute atomic E-state index is 0.0566. The number of nitrogens with one attached hydrogen (secondary N) is 3. The first-order valence-corrected chi connectivity index (χ1v) is 9.24. The molecule has 3 aromatic rings. The van der Waals surface area contributed by atoms with Gasteiger partial charge < -0.3 is 16.0 Å². The lowest BCUT2D eigenvalue weighted by atomic mass is 10.1. The lowest BCUT2D eigenvalue weighted by molar-refractivity contribution is -0.114. The molecule has 3 aromatic carbocycles. The number of hydrogen-bond donors (Lipinski definition) is 3. The van der Waals surface area contributed by atoms with Gasteiger partial charge in [0.05, 0.1) is 12.1 Å². The van der Waals surface area contributed by atoms with Crippen molar-refractivity contribution in [2.75, 3.05) is 17.2 Å². The molecule has 5 nitrogen and oxygen atoms in total. The van der Waals surface area contributed by atoms with Crippen LogP contribution >= 0.6 is 0 Å². The molecule has 0 aliphatic carbocycles. The van der Waals surface area contributed by atoms with Crippen LogP contribution in [0.2, 0.25) is 0 Å². The fourth-order valence-corrected chi connectivity index (χ4v) is 2.81. The van der Waals surface area contributed by atoms with E-state index in [4.69, 9.17) is 0 Å². The van der Waals surface area contributed by atoms with E-state index in [-0.39, 0.29) is 18.4 Å². The van der Waals surface area contributed by atoms with Crippen molar-refractivity contribution >= 4 is 23.2 Å². The van der Waals surface area contributed by atoms with Crippen LogP contribution in [0.25, 0.3) is 0 Å². The molecule has 0 heterocycles. The number of carbonyl (C=O) groups is 2. The molecule has 0 saturated heterocycles. The quantitative estimate of drug-likeness (QED) is 0.568. The molecule has 3 N–H and O–H groups in total. The summed E-state index contributed by atoms with van der Waals surface area (Å²) < 4.78 is 13.4. The highest BCUT2D eigenvalue weighted by Crippen LogP contribution is 2.17. The van der Waals surface area contributed by atoms with Crippen molar-refractivity contribution in [3.8, 4) is 0 Å². The minimum Gasteiger partial charge on any atom is -0.376 e. The van der Waals surface area contributed by atoms with Crippen molar-refractivity contribution in [2.45, 2.75) is 13.5 Å². The average molecular weight is 391 g/mol. The van der Waals surface area contributed by atoms with E-state index < -0.39 is 5.82 Å². The van der Waals surface area contributed by atoms with Crippen LogP contribution in [-0.2, 0) is 11.3 Å². The Balaban J connectivity index is 1.60. The van der Waals surface area contributed by atoms with Gasteiger partial charge in [-0.3, -0.25) is 9.59 Å². The Labute approximate surface area is 169 Å². The van der Waals surface area contributed by atoms with Gasteiger partial charge >= 0.3 is 0 Å². The molecule has 0 atom stereocenters.